The maximum Gasteiger partial charge on any atom is 0.150 e. The van der Waals surface area contributed by atoms with Crippen LogP contribution in [-0.2, 0) is 4.79 Å². The number of carbonyl (C=O) groups is 1. The van der Waals surface area contributed by atoms with Gasteiger partial charge >= 0.3 is 0 Å². The van der Waals surface area contributed by atoms with E-state index in [0.29, 0.717) is 5.75 Å². The predicted molar refractivity (Wildman–Crippen MR) is 42.0 cm³/mol. The van der Waals surface area contributed by atoms with Crippen LogP contribution >= 0.6 is 12.6 Å². The van der Waals surface area contributed by atoms with Crippen molar-refractivity contribution in [1.82, 2.24) is 5.32 Å². The Kier molecular flexibility index (Phi) is 3.22. The molecule has 0 aliphatic rings. The SMILES string of the molecule is CN[C@@](C)(CS)C(C)=O. The molecule has 0 aromatic rings. The zero-order valence-corrected chi connectivity index (χ0v) is 6.96. The third-order valence-electron chi connectivity index (χ3n) is 1.65. The van der Waals surface area contributed by atoms with Crippen LogP contribution in [0.4, 0.5) is 0 Å². The van der Waals surface area contributed by atoms with Gasteiger partial charge in [-0.3, -0.25) is 4.79 Å². The molecular formula is C6H13NOS. The van der Waals surface area contributed by atoms with Crippen LogP contribution in [0.25, 0.3) is 0 Å². The summed E-state index contributed by atoms with van der Waals surface area (Å²) in [5.74, 6) is 0.666. The Hall–Kier alpha value is -0.0200. The summed E-state index contributed by atoms with van der Waals surface area (Å²) < 4.78 is 0. The molecule has 54 valence electrons. The Balaban J connectivity index is 4.09. The highest BCUT2D eigenvalue weighted by molar-refractivity contribution is 7.80. The van der Waals surface area contributed by atoms with Gasteiger partial charge in [0.15, 0.2) is 0 Å². The molecule has 0 aliphatic carbocycles. The minimum absolute atomic E-state index is 0.125. The van der Waals surface area contributed by atoms with Gasteiger partial charge in [-0.1, -0.05) is 0 Å². The summed E-state index contributed by atoms with van der Waals surface area (Å²) >= 11 is 4.04. The summed E-state index contributed by atoms with van der Waals surface area (Å²) in [6, 6.07) is 0. The second-order valence-corrected chi connectivity index (χ2v) is 2.61. The molecular weight excluding hydrogens is 134 g/mol. The van der Waals surface area contributed by atoms with Crippen LogP contribution < -0.4 is 5.32 Å². The zero-order chi connectivity index (χ0) is 7.49. The number of ketones is 1. The lowest BCUT2D eigenvalue weighted by Gasteiger charge is -2.23. The van der Waals surface area contributed by atoms with Gasteiger partial charge in [-0.2, -0.15) is 12.6 Å². The first-order chi connectivity index (χ1) is 4.06. The van der Waals surface area contributed by atoms with E-state index in [9.17, 15) is 4.79 Å². The normalized spacial score (nSPS) is 16.9. The average molecular weight is 147 g/mol. The van der Waals surface area contributed by atoms with E-state index in [-0.39, 0.29) is 5.78 Å². The Morgan fingerprint density at radius 2 is 2.22 bits per heavy atom. The van der Waals surface area contributed by atoms with E-state index in [2.05, 4.69) is 17.9 Å². The van der Waals surface area contributed by atoms with Crippen molar-refractivity contribution in [2.45, 2.75) is 19.4 Å². The molecule has 0 saturated carbocycles. The number of carbonyl (C=O) groups excluding carboxylic acids is 1. The average Bonchev–Trinajstić information content (AvgIpc) is 1.86. The molecule has 0 bridgehead atoms. The Morgan fingerprint density at radius 3 is 2.22 bits per heavy atom. The largest absolute Gasteiger partial charge is 0.308 e. The summed E-state index contributed by atoms with van der Waals surface area (Å²) in [4.78, 5) is 10.8. The third kappa shape index (κ3) is 1.99. The maximum atomic E-state index is 10.8. The Labute approximate surface area is 61.4 Å². The number of rotatable bonds is 3. The molecule has 0 rings (SSSR count). The molecule has 0 spiro atoms. The minimum Gasteiger partial charge on any atom is -0.308 e. The number of Topliss-reactive ketones (excluding diaryl/α,β-unsaturated/α-hetero) is 1. The zero-order valence-electron chi connectivity index (χ0n) is 6.06. The quantitative estimate of drug-likeness (QED) is 0.569. The number of hydrogen-bond acceptors (Lipinski definition) is 3. The molecule has 0 aromatic carbocycles. The van der Waals surface area contributed by atoms with E-state index in [1.165, 1.54) is 0 Å². The lowest BCUT2D eigenvalue weighted by atomic mass is 10.0. The van der Waals surface area contributed by atoms with Gasteiger partial charge in [-0.05, 0) is 20.9 Å². The molecule has 0 fully saturated rings. The van der Waals surface area contributed by atoms with Crippen molar-refractivity contribution >= 4 is 18.4 Å². The van der Waals surface area contributed by atoms with Gasteiger partial charge in [-0.15, -0.1) is 0 Å². The summed E-state index contributed by atoms with van der Waals surface area (Å²) in [6.45, 7) is 3.40. The fraction of sp³-hybridized carbons (Fsp3) is 0.833. The second-order valence-electron chi connectivity index (χ2n) is 2.30. The van der Waals surface area contributed by atoms with Gasteiger partial charge < -0.3 is 5.32 Å². The van der Waals surface area contributed by atoms with Crippen molar-refractivity contribution in [2.24, 2.45) is 0 Å². The molecule has 1 atom stereocenters. The number of hydrogen-bond donors (Lipinski definition) is 2. The van der Waals surface area contributed by atoms with Crippen molar-refractivity contribution in [1.29, 1.82) is 0 Å². The molecule has 0 radical (unpaired) electrons. The van der Waals surface area contributed by atoms with Crippen molar-refractivity contribution in [3.8, 4) is 0 Å². The smallest absolute Gasteiger partial charge is 0.150 e. The monoisotopic (exact) mass is 147 g/mol. The van der Waals surface area contributed by atoms with Crippen molar-refractivity contribution in [3.05, 3.63) is 0 Å². The van der Waals surface area contributed by atoms with E-state index in [1.54, 1.807) is 14.0 Å². The van der Waals surface area contributed by atoms with Gasteiger partial charge in [-0.25, -0.2) is 0 Å². The fourth-order valence-corrected chi connectivity index (χ4v) is 0.747. The van der Waals surface area contributed by atoms with Crippen LogP contribution in [0.2, 0.25) is 0 Å². The fourth-order valence-electron chi connectivity index (χ4n) is 0.366. The van der Waals surface area contributed by atoms with E-state index in [0.717, 1.165) is 0 Å². The number of likely N-dealkylation sites (N-methyl/N-ethyl adjacent to an activating group) is 1. The first-order valence-electron chi connectivity index (χ1n) is 2.87. The minimum atomic E-state index is -0.441. The van der Waals surface area contributed by atoms with Crippen molar-refractivity contribution in [2.75, 3.05) is 12.8 Å². The van der Waals surface area contributed by atoms with E-state index < -0.39 is 5.54 Å². The van der Waals surface area contributed by atoms with Crippen LogP contribution in [0.1, 0.15) is 13.8 Å². The summed E-state index contributed by atoms with van der Waals surface area (Å²) in [6.07, 6.45) is 0. The van der Waals surface area contributed by atoms with Gasteiger partial charge in [0.2, 0.25) is 0 Å². The molecule has 3 heteroatoms. The van der Waals surface area contributed by atoms with Crippen LogP contribution in [0.5, 0.6) is 0 Å². The predicted octanol–water partition coefficient (Wildman–Crippen LogP) is 0.483. The molecule has 9 heavy (non-hydrogen) atoms. The van der Waals surface area contributed by atoms with Crippen LogP contribution in [0.3, 0.4) is 0 Å². The van der Waals surface area contributed by atoms with Crippen molar-refractivity contribution < 1.29 is 4.79 Å². The number of thiol groups is 1. The number of nitrogens with one attached hydrogen (secondary N) is 1. The summed E-state index contributed by atoms with van der Waals surface area (Å²) in [5.41, 5.74) is -0.441. The highest BCUT2D eigenvalue weighted by Gasteiger charge is 2.24. The highest BCUT2D eigenvalue weighted by Crippen LogP contribution is 2.05. The van der Waals surface area contributed by atoms with Crippen LogP contribution in [-0.4, -0.2) is 24.1 Å². The topological polar surface area (TPSA) is 29.1 Å². The molecule has 0 heterocycles. The molecule has 0 aliphatic heterocycles. The molecule has 0 aromatic heterocycles. The van der Waals surface area contributed by atoms with Gasteiger partial charge in [0.05, 0.1) is 5.54 Å². The first-order valence-corrected chi connectivity index (χ1v) is 3.51. The molecule has 1 N–H and O–H groups in total. The molecule has 0 amide bonds. The molecule has 0 unspecified atom stereocenters. The molecule has 2 nitrogen and oxygen atoms in total. The second kappa shape index (κ2) is 3.22. The van der Waals surface area contributed by atoms with E-state index >= 15 is 0 Å². The third-order valence-corrected chi connectivity index (χ3v) is 2.28. The van der Waals surface area contributed by atoms with Crippen LogP contribution in [0, 0.1) is 0 Å². The lowest BCUT2D eigenvalue weighted by molar-refractivity contribution is -0.121. The highest BCUT2D eigenvalue weighted by atomic mass is 32.1. The Bertz CT molecular complexity index is 110. The Morgan fingerprint density at radius 1 is 1.78 bits per heavy atom. The summed E-state index contributed by atoms with van der Waals surface area (Å²) in [7, 11) is 1.76. The van der Waals surface area contributed by atoms with Crippen molar-refractivity contribution in [3.63, 3.8) is 0 Å². The van der Waals surface area contributed by atoms with Gasteiger partial charge in [0, 0.05) is 5.75 Å². The first kappa shape index (κ1) is 8.98. The molecule has 0 saturated heterocycles. The van der Waals surface area contributed by atoms with Gasteiger partial charge in [0.1, 0.15) is 5.78 Å². The standard InChI is InChI=1S/C6H13NOS/c1-5(8)6(2,4-9)7-3/h7,9H,4H2,1-3H3/t6-/m0/s1. The maximum absolute atomic E-state index is 10.8. The van der Waals surface area contributed by atoms with E-state index in [1.807, 2.05) is 6.92 Å². The van der Waals surface area contributed by atoms with Crippen LogP contribution in [0.15, 0.2) is 0 Å². The summed E-state index contributed by atoms with van der Waals surface area (Å²) in [5, 5.41) is 2.90. The lowest BCUT2D eigenvalue weighted by Crippen LogP contribution is -2.48. The van der Waals surface area contributed by atoms with E-state index in [4.69, 9.17) is 0 Å². The van der Waals surface area contributed by atoms with Gasteiger partial charge in [0.25, 0.3) is 0 Å².